The summed E-state index contributed by atoms with van der Waals surface area (Å²) in [7, 11) is 3.70. The summed E-state index contributed by atoms with van der Waals surface area (Å²) in [5, 5.41) is 12.3. The Bertz CT molecular complexity index is 889. The summed E-state index contributed by atoms with van der Waals surface area (Å²) in [5.41, 5.74) is 2.21. The topological polar surface area (TPSA) is 65.8 Å². The Labute approximate surface area is 168 Å². The van der Waals surface area contributed by atoms with Crippen LogP contribution in [-0.2, 0) is 4.84 Å². The number of carbonyl (C=O) groups excluding carboxylic acids is 1. The molecule has 0 fully saturated rings. The molecule has 2 heterocycles. The smallest absolute Gasteiger partial charge is 0.172 e. The van der Waals surface area contributed by atoms with Crippen LogP contribution in [0.1, 0.15) is 47.0 Å². The molecule has 2 aromatic rings. The Morgan fingerprint density at radius 1 is 1.30 bits per heavy atom. The van der Waals surface area contributed by atoms with E-state index in [0.29, 0.717) is 34.3 Å². The van der Waals surface area contributed by atoms with Gasteiger partial charge in [0, 0.05) is 32.5 Å². The van der Waals surface area contributed by atoms with Gasteiger partial charge in [0.15, 0.2) is 5.78 Å². The molecule has 1 aliphatic heterocycles. The molecule has 1 atom stereocenters. The van der Waals surface area contributed by atoms with E-state index in [-0.39, 0.29) is 5.78 Å². The van der Waals surface area contributed by atoms with Crippen molar-refractivity contribution in [2.24, 2.45) is 5.16 Å². The van der Waals surface area contributed by atoms with Crippen molar-refractivity contribution in [3.63, 3.8) is 0 Å². The molecule has 0 amide bonds. The molecule has 0 radical (unpaired) electrons. The van der Waals surface area contributed by atoms with Crippen LogP contribution in [0, 0.1) is 5.41 Å². The fourth-order valence-corrected chi connectivity index (χ4v) is 3.93. The molecular weight excluding hydrogens is 382 g/mol. The number of amidine groups is 1. The van der Waals surface area contributed by atoms with Crippen molar-refractivity contribution in [2.75, 3.05) is 14.1 Å². The van der Waals surface area contributed by atoms with E-state index in [1.807, 2.05) is 45.3 Å². The summed E-state index contributed by atoms with van der Waals surface area (Å²) >= 11 is 7.21. The monoisotopic (exact) mass is 403 g/mol. The third-order valence-electron chi connectivity index (χ3n) is 4.59. The van der Waals surface area contributed by atoms with Crippen molar-refractivity contribution >= 4 is 40.3 Å². The number of benzene rings is 1. The highest BCUT2D eigenvalue weighted by atomic mass is 35.5. The van der Waals surface area contributed by atoms with E-state index >= 15 is 0 Å². The van der Waals surface area contributed by atoms with E-state index in [4.69, 9.17) is 21.8 Å². The Morgan fingerprint density at radius 2 is 2.00 bits per heavy atom. The number of hydrogen-bond acceptors (Lipinski definition) is 5. The fourth-order valence-electron chi connectivity index (χ4n) is 2.92. The van der Waals surface area contributed by atoms with E-state index in [1.54, 1.807) is 17.0 Å². The van der Waals surface area contributed by atoms with Gasteiger partial charge in [0.25, 0.3) is 0 Å². The Balaban J connectivity index is 1.59. The molecule has 27 heavy (non-hydrogen) atoms. The second kappa shape index (κ2) is 7.82. The van der Waals surface area contributed by atoms with Gasteiger partial charge < -0.3 is 9.74 Å². The number of rotatable bonds is 6. The lowest BCUT2D eigenvalue weighted by Crippen LogP contribution is -2.26. The minimum atomic E-state index is -0.485. The maximum Gasteiger partial charge on any atom is 0.172 e. The fraction of sp³-hybridized carbons (Fsp3) is 0.350. The van der Waals surface area contributed by atoms with Gasteiger partial charge >= 0.3 is 0 Å². The van der Waals surface area contributed by atoms with Crippen LogP contribution in [0.25, 0.3) is 0 Å². The summed E-state index contributed by atoms with van der Waals surface area (Å²) in [6, 6.07) is 11.3. The minimum absolute atomic E-state index is 0.0803. The van der Waals surface area contributed by atoms with E-state index in [1.165, 1.54) is 11.3 Å². The van der Waals surface area contributed by atoms with Gasteiger partial charge in [-0.15, -0.1) is 11.3 Å². The lowest BCUT2D eigenvalue weighted by molar-refractivity contribution is -0.0103. The minimum Gasteiger partial charge on any atom is -0.389 e. The van der Waals surface area contributed by atoms with Crippen LogP contribution in [0.5, 0.6) is 0 Å². The zero-order valence-electron chi connectivity index (χ0n) is 15.6. The summed E-state index contributed by atoms with van der Waals surface area (Å²) in [4.78, 5) is 20.4. The molecule has 1 aromatic heterocycles. The summed E-state index contributed by atoms with van der Waals surface area (Å²) in [5.74, 6) is 0.542. The molecule has 5 nitrogen and oxygen atoms in total. The first-order valence-electron chi connectivity index (χ1n) is 8.68. The van der Waals surface area contributed by atoms with E-state index < -0.39 is 5.60 Å². The molecule has 1 aliphatic rings. The van der Waals surface area contributed by atoms with Crippen molar-refractivity contribution in [1.82, 2.24) is 4.90 Å². The highest BCUT2D eigenvalue weighted by Crippen LogP contribution is 2.32. The molecule has 0 saturated carbocycles. The van der Waals surface area contributed by atoms with Gasteiger partial charge in [-0.05, 0) is 31.0 Å². The van der Waals surface area contributed by atoms with Crippen molar-refractivity contribution in [3.8, 4) is 0 Å². The number of halogens is 1. The van der Waals surface area contributed by atoms with Gasteiger partial charge in [-0.1, -0.05) is 41.0 Å². The zero-order chi connectivity index (χ0) is 19.6. The number of thiophene rings is 1. The number of ketones is 1. The number of nitrogens with zero attached hydrogens (tertiary/aromatic N) is 2. The lowest BCUT2D eigenvalue weighted by Gasteiger charge is -2.20. The molecule has 0 bridgehead atoms. The molecule has 1 unspecified atom stereocenters. The average molecular weight is 404 g/mol. The van der Waals surface area contributed by atoms with Gasteiger partial charge in [-0.3, -0.25) is 10.2 Å². The second-order valence-electron chi connectivity index (χ2n) is 7.10. The molecule has 0 saturated heterocycles. The molecular formula is C20H22ClN3O2S. The van der Waals surface area contributed by atoms with Gasteiger partial charge in [0.05, 0.1) is 14.9 Å². The van der Waals surface area contributed by atoms with Crippen molar-refractivity contribution in [3.05, 3.63) is 56.7 Å². The second-order valence-corrected chi connectivity index (χ2v) is 8.82. The molecule has 1 aromatic carbocycles. The number of oxime groups is 1. The normalized spacial score (nSPS) is 18.7. The maximum atomic E-state index is 12.3. The van der Waals surface area contributed by atoms with Crippen LogP contribution >= 0.6 is 22.9 Å². The molecule has 0 spiro atoms. The first kappa shape index (κ1) is 19.6. The third kappa shape index (κ3) is 4.57. The summed E-state index contributed by atoms with van der Waals surface area (Å²) in [6.07, 6.45) is 1.64. The predicted molar refractivity (Wildman–Crippen MR) is 110 cm³/mol. The highest BCUT2D eigenvalue weighted by molar-refractivity contribution is 7.18. The molecule has 1 N–H and O–H groups in total. The van der Waals surface area contributed by atoms with Crippen LogP contribution in [0.2, 0.25) is 4.34 Å². The van der Waals surface area contributed by atoms with Crippen LogP contribution in [0.15, 0.2) is 41.6 Å². The standard InChI is InChI=1S/C20H22ClN3O2S/c1-20(11-10-16(25)17-8-9-18(21)27-17)12-15(23-26-20)13-4-6-14(7-5-13)19(22)24(2)3/h4-9,22H,10-12H2,1-3H3. The Hall–Kier alpha value is -2.18. The first-order chi connectivity index (χ1) is 12.8. The Morgan fingerprint density at radius 3 is 2.59 bits per heavy atom. The molecule has 7 heteroatoms. The number of hydrogen-bond donors (Lipinski definition) is 1. The van der Waals surface area contributed by atoms with E-state index in [9.17, 15) is 4.79 Å². The number of carbonyl (C=O) groups is 1. The van der Waals surface area contributed by atoms with Crippen LogP contribution in [0.4, 0.5) is 0 Å². The SMILES string of the molecule is CN(C)C(=N)c1ccc(C2=NOC(C)(CCC(=O)c3ccc(Cl)s3)C2)cc1. The molecule has 142 valence electrons. The van der Waals surface area contributed by atoms with Gasteiger partial charge in [0.2, 0.25) is 0 Å². The van der Waals surface area contributed by atoms with Crippen LogP contribution < -0.4 is 0 Å². The third-order valence-corrected chi connectivity index (χ3v) is 5.86. The van der Waals surface area contributed by atoms with Crippen LogP contribution in [0.3, 0.4) is 0 Å². The predicted octanol–water partition coefficient (Wildman–Crippen LogP) is 4.83. The number of nitrogens with one attached hydrogen (secondary N) is 1. The van der Waals surface area contributed by atoms with E-state index in [0.717, 1.165) is 16.8 Å². The van der Waals surface area contributed by atoms with E-state index in [2.05, 4.69) is 5.16 Å². The van der Waals surface area contributed by atoms with Gasteiger partial charge in [-0.2, -0.15) is 0 Å². The summed E-state index contributed by atoms with van der Waals surface area (Å²) in [6.45, 7) is 1.98. The van der Waals surface area contributed by atoms with Crippen molar-refractivity contribution in [1.29, 1.82) is 5.41 Å². The van der Waals surface area contributed by atoms with Crippen molar-refractivity contribution in [2.45, 2.75) is 31.8 Å². The molecule has 3 rings (SSSR count). The highest BCUT2D eigenvalue weighted by Gasteiger charge is 2.35. The maximum absolute atomic E-state index is 12.3. The van der Waals surface area contributed by atoms with Crippen molar-refractivity contribution < 1.29 is 9.63 Å². The summed E-state index contributed by atoms with van der Waals surface area (Å²) < 4.78 is 0.623. The first-order valence-corrected chi connectivity index (χ1v) is 9.87. The van der Waals surface area contributed by atoms with Crippen LogP contribution in [-0.4, -0.2) is 41.9 Å². The van der Waals surface area contributed by atoms with Gasteiger partial charge in [-0.25, -0.2) is 0 Å². The lowest BCUT2D eigenvalue weighted by atomic mass is 9.90. The quantitative estimate of drug-likeness (QED) is 0.426. The largest absolute Gasteiger partial charge is 0.389 e. The molecule has 0 aliphatic carbocycles. The number of Topliss-reactive ketones (excluding diaryl/α,β-unsaturated/α-hetero) is 1. The average Bonchev–Trinajstić information content (AvgIpc) is 3.26. The zero-order valence-corrected chi connectivity index (χ0v) is 17.2. The Kier molecular flexibility index (Phi) is 5.67. The van der Waals surface area contributed by atoms with Gasteiger partial charge in [0.1, 0.15) is 11.4 Å².